The summed E-state index contributed by atoms with van der Waals surface area (Å²) in [4.78, 5) is 24.3. The zero-order valence-electron chi connectivity index (χ0n) is 14.3. The van der Waals surface area contributed by atoms with Gasteiger partial charge in [-0.3, -0.25) is 9.59 Å². The molecule has 1 aromatic carbocycles. The van der Waals surface area contributed by atoms with E-state index in [2.05, 4.69) is 19.2 Å². The fraction of sp³-hybridized carbons (Fsp3) is 0.579. The number of benzene rings is 1. The normalized spacial score (nSPS) is 25.5. The molecule has 1 amide bonds. The summed E-state index contributed by atoms with van der Waals surface area (Å²) < 4.78 is 11.0. The van der Waals surface area contributed by atoms with Crippen LogP contribution in [0.4, 0.5) is 5.69 Å². The Hall–Kier alpha value is -1.88. The van der Waals surface area contributed by atoms with Gasteiger partial charge in [0.25, 0.3) is 5.91 Å². The monoisotopic (exact) mass is 331 g/mol. The van der Waals surface area contributed by atoms with Crippen molar-refractivity contribution in [2.75, 3.05) is 11.9 Å². The molecule has 1 N–H and O–H groups in total. The number of carbonyl (C=O) groups is 2. The number of nitrogens with one attached hydrogen (secondary N) is 1. The zero-order valence-corrected chi connectivity index (χ0v) is 14.3. The van der Waals surface area contributed by atoms with E-state index in [1.807, 2.05) is 24.3 Å². The average molecular weight is 331 g/mol. The lowest BCUT2D eigenvalue weighted by Gasteiger charge is -2.27. The molecule has 2 fully saturated rings. The maximum Gasteiger partial charge on any atom is 0.312 e. The zero-order chi connectivity index (χ0) is 17.1. The fourth-order valence-corrected chi connectivity index (χ4v) is 3.61. The molecule has 1 aromatic rings. The number of carbonyl (C=O) groups excluding carboxylic acids is 2. The van der Waals surface area contributed by atoms with Crippen molar-refractivity contribution in [1.82, 2.24) is 0 Å². The minimum absolute atomic E-state index is 0.0269. The highest BCUT2D eigenvalue weighted by molar-refractivity contribution is 5.93. The van der Waals surface area contributed by atoms with Crippen LogP contribution >= 0.6 is 0 Å². The van der Waals surface area contributed by atoms with Gasteiger partial charge in [-0.1, -0.05) is 32.0 Å². The fourth-order valence-electron chi connectivity index (χ4n) is 3.61. The summed E-state index contributed by atoms with van der Waals surface area (Å²) >= 11 is 0. The first kappa shape index (κ1) is 17.0. The van der Waals surface area contributed by atoms with Gasteiger partial charge in [0.15, 0.2) is 6.61 Å². The van der Waals surface area contributed by atoms with Gasteiger partial charge in [0.1, 0.15) is 0 Å². The van der Waals surface area contributed by atoms with E-state index in [1.165, 1.54) is 0 Å². The molecule has 0 spiro atoms. The molecule has 2 heterocycles. The molecular weight excluding hydrogens is 306 g/mol. The van der Waals surface area contributed by atoms with Crippen LogP contribution in [-0.4, -0.2) is 30.7 Å². The summed E-state index contributed by atoms with van der Waals surface area (Å²) in [5.74, 6) is -0.539. The lowest BCUT2D eigenvalue weighted by Crippen LogP contribution is -2.35. The topological polar surface area (TPSA) is 64.6 Å². The van der Waals surface area contributed by atoms with Gasteiger partial charge in [-0.05, 0) is 43.2 Å². The summed E-state index contributed by atoms with van der Waals surface area (Å²) in [5, 5.41) is 2.84. The Labute approximate surface area is 142 Å². The van der Waals surface area contributed by atoms with Crippen molar-refractivity contribution < 1.29 is 19.1 Å². The first-order chi connectivity index (χ1) is 11.5. The van der Waals surface area contributed by atoms with Gasteiger partial charge in [0, 0.05) is 5.69 Å². The summed E-state index contributed by atoms with van der Waals surface area (Å²) in [7, 11) is 0. The standard InChI is InChI=1S/C19H25NO4/c1-12(2)14-5-3-4-6-16(14)20-18(21)11-23-19(22)15-9-7-13-8-10-17(15)24-13/h3-6,12-13,15,17H,7-11H2,1-2H3,(H,20,21)/t13-,15+,17+/m0/s1. The Morgan fingerprint density at radius 2 is 1.96 bits per heavy atom. The van der Waals surface area contributed by atoms with Crippen LogP contribution in [0.2, 0.25) is 0 Å². The Balaban J connectivity index is 1.51. The highest BCUT2D eigenvalue weighted by Crippen LogP contribution is 2.36. The number of hydrogen-bond donors (Lipinski definition) is 1. The van der Waals surface area contributed by atoms with Crippen molar-refractivity contribution in [2.45, 2.75) is 57.7 Å². The third kappa shape index (κ3) is 3.78. The number of esters is 1. The van der Waals surface area contributed by atoms with Gasteiger partial charge in [-0.2, -0.15) is 0 Å². The molecule has 0 unspecified atom stereocenters. The van der Waals surface area contributed by atoms with Crippen molar-refractivity contribution in [3.63, 3.8) is 0 Å². The molecule has 5 nitrogen and oxygen atoms in total. The predicted octanol–water partition coefficient (Wildman–Crippen LogP) is 3.25. The highest BCUT2D eigenvalue weighted by Gasteiger charge is 2.41. The van der Waals surface area contributed by atoms with E-state index >= 15 is 0 Å². The molecule has 2 saturated heterocycles. The van der Waals surface area contributed by atoms with Crippen LogP contribution in [0.5, 0.6) is 0 Å². The molecule has 0 aliphatic carbocycles. The first-order valence-electron chi connectivity index (χ1n) is 8.75. The SMILES string of the molecule is CC(C)c1ccccc1NC(=O)COC(=O)[C@@H]1CC[C@H]2CC[C@H]1O2. The van der Waals surface area contributed by atoms with Crippen molar-refractivity contribution in [3.05, 3.63) is 29.8 Å². The van der Waals surface area contributed by atoms with Crippen molar-refractivity contribution in [1.29, 1.82) is 0 Å². The lowest BCUT2D eigenvalue weighted by atomic mass is 9.96. The molecule has 3 atom stereocenters. The Bertz CT molecular complexity index is 613. The summed E-state index contributed by atoms with van der Waals surface area (Å²) in [6, 6.07) is 7.68. The lowest BCUT2D eigenvalue weighted by molar-refractivity contribution is -0.160. The third-order valence-electron chi connectivity index (χ3n) is 4.89. The van der Waals surface area contributed by atoms with Gasteiger partial charge in [-0.25, -0.2) is 0 Å². The van der Waals surface area contributed by atoms with E-state index in [4.69, 9.17) is 9.47 Å². The molecule has 0 aromatic heterocycles. The average Bonchev–Trinajstić information content (AvgIpc) is 2.94. The van der Waals surface area contributed by atoms with E-state index in [1.54, 1.807) is 0 Å². The minimum Gasteiger partial charge on any atom is -0.455 e. The van der Waals surface area contributed by atoms with E-state index in [0.717, 1.165) is 36.9 Å². The molecular formula is C19H25NO4. The number of rotatable bonds is 5. The maximum absolute atomic E-state index is 12.2. The van der Waals surface area contributed by atoms with Crippen LogP contribution in [0.25, 0.3) is 0 Å². The second kappa shape index (κ2) is 7.34. The first-order valence-corrected chi connectivity index (χ1v) is 8.75. The van der Waals surface area contributed by atoms with Crippen molar-refractivity contribution in [2.24, 2.45) is 5.92 Å². The van der Waals surface area contributed by atoms with Gasteiger partial charge in [0.05, 0.1) is 18.1 Å². The second-order valence-corrected chi connectivity index (χ2v) is 6.96. The number of fused-ring (bicyclic) bond motifs is 2. The Morgan fingerprint density at radius 1 is 1.21 bits per heavy atom. The largest absolute Gasteiger partial charge is 0.455 e. The molecule has 5 heteroatoms. The molecule has 24 heavy (non-hydrogen) atoms. The number of ether oxygens (including phenoxy) is 2. The molecule has 2 bridgehead atoms. The summed E-state index contributed by atoms with van der Waals surface area (Å²) in [6.45, 7) is 3.89. The summed E-state index contributed by atoms with van der Waals surface area (Å²) in [5.41, 5.74) is 1.84. The Kier molecular flexibility index (Phi) is 5.19. The molecule has 3 rings (SSSR count). The molecule has 0 saturated carbocycles. The minimum atomic E-state index is -0.312. The van der Waals surface area contributed by atoms with Crippen molar-refractivity contribution >= 4 is 17.6 Å². The van der Waals surface area contributed by atoms with E-state index in [-0.39, 0.29) is 30.5 Å². The molecule has 2 aliphatic rings. The van der Waals surface area contributed by atoms with Crippen LogP contribution in [0, 0.1) is 5.92 Å². The number of hydrogen-bond acceptors (Lipinski definition) is 4. The van der Waals surface area contributed by atoms with E-state index in [9.17, 15) is 9.59 Å². The molecule has 0 radical (unpaired) electrons. The van der Waals surface area contributed by atoms with Gasteiger partial charge < -0.3 is 14.8 Å². The smallest absolute Gasteiger partial charge is 0.312 e. The van der Waals surface area contributed by atoms with E-state index < -0.39 is 0 Å². The van der Waals surface area contributed by atoms with Crippen LogP contribution in [0.1, 0.15) is 51.0 Å². The predicted molar refractivity (Wildman–Crippen MR) is 90.7 cm³/mol. The number of anilines is 1. The number of para-hydroxylation sites is 1. The second-order valence-electron chi connectivity index (χ2n) is 6.96. The van der Waals surface area contributed by atoms with E-state index in [0.29, 0.717) is 12.0 Å². The quantitative estimate of drug-likeness (QED) is 0.841. The summed E-state index contributed by atoms with van der Waals surface area (Å²) in [6.07, 6.45) is 3.94. The molecule has 2 aliphatic heterocycles. The van der Waals surface area contributed by atoms with Gasteiger partial charge in [0.2, 0.25) is 0 Å². The molecule has 130 valence electrons. The highest BCUT2D eigenvalue weighted by atomic mass is 16.5. The third-order valence-corrected chi connectivity index (χ3v) is 4.89. The van der Waals surface area contributed by atoms with Crippen LogP contribution in [-0.2, 0) is 19.1 Å². The van der Waals surface area contributed by atoms with Crippen LogP contribution in [0.3, 0.4) is 0 Å². The van der Waals surface area contributed by atoms with Gasteiger partial charge >= 0.3 is 5.97 Å². The van der Waals surface area contributed by atoms with Crippen LogP contribution < -0.4 is 5.32 Å². The Morgan fingerprint density at radius 3 is 2.75 bits per heavy atom. The van der Waals surface area contributed by atoms with Gasteiger partial charge in [-0.15, -0.1) is 0 Å². The number of amides is 1. The van der Waals surface area contributed by atoms with Crippen molar-refractivity contribution in [3.8, 4) is 0 Å². The van der Waals surface area contributed by atoms with Crippen LogP contribution in [0.15, 0.2) is 24.3 Å². The maximum atomic E-state index is 12.2.